The lowest BCUT2D eigenvalue weighted by Gasteiger charge is -2.26. The number of carbonyl (C=O) groups is 1. The Balaban J connectivity index is 1.94. The van der Waals surface area contributed by atoms with Crippen LogP contribution in [0.3, 0.4) is 0 Å². The first-order chi connectivity index (χ1) is 17.5. The Morgan fingerprint density at radius 2 is 1.59 bits per heavy atom. The lowest BCUT2D eigenvalue weighted by molar-refractivity contribution is -0.120. The quantitative estimate of drug-likeness (QED) is 0.345. The van der Waals surface area contributed by atoms with Gasteiger partial charge in [0, 0.05) is 0 Å². The van der Waals surface area contributed by atoms with E-state index in [1.807, 2.05) is 26.0 Å². The molecule has 3 rings (SSSR count). The molecule has 9 heteroatoms. The maximum Gasteiger partial charge on any atom is 0.264 e. The number of amides is 1. The van der Waals surface area contributed by atoms with Crippen LogP contribution in [0.15, 0.2) is 65.6 Å². The molecule has 0 fully saturated rings. The predicted octanol–water partition coefficient (Wildman–Crippen LogP) is 5.86. The molecule has 1 atom stereocenters. The van der Waals surface area contributed by atoms with E-state index in [-0.39, 0.29) is 27.6 Å². The lowest BCUT2D eigenvalue weighted by Crippen LogP contribution is -2.41. The second-order valence-electron chi connectivity index (χ2n) is 9.04. The highest BCUT2D eigenvalue weighted by molar-refractivity contribution is 7.92. The Bertz CT molecular complexity index is 1360. The van der Waals surface area contributed by atoms with Crippen molar-refractivity contribution < 1.29 is 22.7 Å². The number of rotatable bonds is 10. The molecular formula is C28H33ClN2O5S. The molecule has 198 valence electrons. The van der Waals surface area contributed by atoms with E-state index < -0.39 is 22.5 Å². The van der Waals surface area contributed by atoms with Gasteiger partial charge in [0.25, 0.3) is 10.0 Å². The number of carbonyl (C=O) groups excluding carboxylic acids is 1. The number of nitrogens with zero attached hydrogens (tertiary/aromatic N) is 1. The van der Waals surface area contributed by atoms with Crippen molar-refractivity contribution in [3.8, 4) is 11.5 Å². The van der Waals surface area contributed by atoms with E-state index in [0.29, 0.717) is 5.75 Å². The molecule has 7 nitrogen and oxygen atoms in total. The van der Waals surface area contributed by atoms with Crippen LogP contribution in [0.25, 0.3) is 0 Å². The summed E-state index contributed by atoms with van der Waals surface area (Å²) < 4.78 is 39.0. The molecule has 0 aliphatic carbocycles. The topological polar surface area (TPSA) is 84.9 Å². The van der Waals surface area contributed by atoms with Crippen molar-refractivity contribution in [3.63, 3.8) is 0 Å². The SMILES string of the molecule is COc1ccc(N(CC(=O)N[C@@H](C)c2cc(C(C)C)c(OC)cc2C)S(=O)(=O)c2ccccc2)cc1Cl. The largest absolute Gasteiger partial charge is 0.496 e. The maximum absolute atomic E-state index is 13.6. The number of hydrogen-bond donors (Lipinski definition) is 1. The van der Waals surface area contributed by atoms with E-state index >= 15 is 0 Å². The third-order valence-electron chi connectivity index (χ3n) is 6.13. The number of sulfonamides is 1. The Hall–Kier alpha value is -3.23. The van der Waals surface area contributed by atoms with Crippen LogP contribution in [0.2, 0.25) is 5.02 Å². The first kappa shape index (κ1) is 28.3. The van der Waals surface area contributed by atoms with E-state index in [1.165, 1.54) is 25.3 Å². The molecule has 3 aromatic rings. The third-order valence-corrected chi connectivity index (χ3v) is 8.21. The number of anilines is 1. The molecule has 0 saturated carbocycles. The fourth-order valence-electron chi connectivity index (χ4n) is 4.15. The summed E-state index contributed by atoms with van der Waals surface area (Å²) in [4.78, 5) is 13.3. The van der Waals surface area contributed by atoms with Gasteiger partial charge >= 0.3 is 0 Å². The zero-order valence-corrected chi connectivity index (χ0v) is 23.5. The summed E-state index contributed by atoms with van der Waals surface area (Å²) in [5, 5.41) is 3.19. The minimum absolute atomic E-state index is 0.0652. The van der Waals surface area contributed by atoms with Gasteiger partial charge in [-0.05, 0) is 78.9 Å². The molecule has 0 saturated heterocycles. The van der Waals surface area contributed by atoms with Crippen molar-refractivity contribution in [1.29, 1.82) is 0 Å². The van der Waals surface area contributed by atoms with Gasteiger partial charge in [0.1, 0.15) is 18.0 Å². The summed E-state index contributed by atoms with van der Waals surface area (Å²) in [7, 11) is -0.955. The van der Waals surface area contributed by atoms with Gasteiger partial charge in [-0.1, -0.05) is 43.6 Å². The number of ether oxygens (including phenoxy) is 2. The van der Waals surface area contributed by atoms with Crippen LogP contribution in [-0.2, 0) is 14.8 Å². The van der Waals surface area contributed by atoms with Crippen LogP contribution in [0.4, 0.5) is 5.69 Å². The second-order valence-corrected chi connectivity index (χ2v) is 11.3. The van der Waals surface area contributed by atoms with Crippen molar-refractivity contribution in [2.45, 2.75) is 44.6 Å². The first-order valence-electron chi connectivity index (χ1n) is 11.9. The van der Waals surface area contributed by atoms with Crippen LogP contribution < -0.4 is 19.1 Å². The number of benzene rings is 3. The predicted molar refractivity (Wildman–Crippen MR) is 147 cm³/mol. The minimum Gasteiger partial charge on any atom is -0.496 e. The van der Waals surface area contributed by atoms with Crippen molar-refractivity contribution in [3.05, 3.63) is 82.4 Å². The van der Waals surface area contributed by atoms with Gasteiger partial charge in [-0.2, -0.15) is 0 Å². The van der Waals surface area contributed by atoms with E-state index in [9.17, 15) is 13.2 Å². The second kappa shape index (κ2) is 11.9. The molecule has 3 aromatic carbocycles. The summed E-state index contributed by atoms with van der Waals surface area (Å²) in [6.07, 6.45) is 0. The standard InChI is InChI=1S/C28H33ClN2O5S/c1-18(2)23-16-24(19(3)14-27(23)36-6)20(4)30-28(32)17-31(21-12-13-26(35-5)25(29)15-21)37(33,34)22-10-8-7-9-11-22/h7-16,18,20H,17H2,1-6H3,(H,30,32)/t20-/m0/s1. The van der Waals surface area contributed by atoms with Gasteiger partial charge in [-0.25, -0.2) is 8.42 Å². The zero-order chi connectivity index (χ0) is 27.3. The normalized spacial score (nSPS) is 12.2. The minimum atomic E-state index is -4.06. The molecule has 0 radical (unpaired) electrons. The summed E-state index contributed by atoms with van der Waals surface area (Å²) >= 11 is 6.30. The Labute approximate surface area is 224 Å². The van der Waals surface area contributed by atoms with Gasteiger partial charge in [0.15, 0.2) is 0 Å². The number of halogens is 1. The maximum atomic E-state index is 13.6. The van der Waals surface area contributed by atoms with Crippen LogP contribution in [-0.4, -0.2) is 35.1 Å². The summed E-state index contributed by atoms with van der Waals surface area (Å²) in [6, 6.07) is 16.2. The number of methoxy groups -OCH3 is 2. The Morgan fingerprint density at radius 3 is 2.16 bits per heavy atom. The highest BCUT2D eigenvalue weighted by atomic mass is 35.5. The van der Waals surface area contributed by atoms with E-state index in [2.05, 4.69) is 19.2 Å². The lowest BCUT2D eigenvalue weighted by atomic mass is 9.93. The molecule has 0 aliphatic rings. The molecule has 0 heterocycles. The average Bonchev–Trinajstić information content (AvgIpc) is 2.87. The Kier molecular flexibility index (Phi) is 9.10. The van der Waals surface area contributed by atoms with Crippen LogP contribution in [0.5, 0.6) is 11.5 Å². The summed E-state index contributed by atoms with van der Waals surface area (Å²) in [5.41, 5.74) is 3.18. The number of nitrogens with one attached hydrogen (secondary N) is 1. The molecule has 0 unspecified atom stereocenters. The van der Waals surface area contributed by atoms with Crippen LogP contribution in [0, 0.1) is 6.92 Å². The molecule has 0 aromatic heterocycles. The van der Waals surface area contributed by atoms with Gasteiger partial charge in [0.05, 0.1) is 35.9 Å². The van der Waals surface area contributed by atoms with Crippen molar-refractivity contribution in [2.75, 3.05) is 25.1 Å². The summed E-state index contributed by atoms with van der Waals surface area (Å²) in [6.45, 7) is 7.54. The fourth-order valence-corrected chi connectivity index (χ4v) is 5.84. The average molecular weight is 545 g/mol. The number of hydrogen-bond acceptors (Lipinski definition) is 5. The van der Waals surface area contributed by atoms with Gasteiger partial charge < -0.3 is 14.8 Å². The van der Waals surface area contributed by atoms with E-state index in [4.69, 9.17) is 21.1 Å². The van der Waals surface area contributed by atoms with Gasteiger partial charge in [0.2, 0.25) is 5.91 Å². The van der Waals surface area contributed by atoms with Crippen LogP contribution in [0.1, 0.15) is 49.4 Å². The molecule has 0 aliphatic heterocycles. The highest BCUT2D eigenvalue weighted by Crippen LogP contribution is 2.33. The van der Waals surface area contributed by atoms with Crippen molar-refractivity contribution in [1.82, 2.24) is 5.32 Å². The monoisotopic (exact) mass is 544 g/mol. The van der Waals surface area contributed by atoms with Crippen molar-refractivity contribution in [2.24, 2.45) is 0 Å². The molecule has 1 amide bonds. The van der Waals surface area contributed by atoms with E-state index in [0.717, 1.165) is 26.7 Å². The summed E-state index contributed by atoms with van der Waals surface area (Å²) in [5.74, 6) is 0.964. The first-order valence-corrected chi connectivity index (χ1v) is 13.7. The molecule has 0 spiro atoms. The molecule has 1 N–H and O–H groups in total. The zero-order valence-electron chi connectivity index (χ0n) is 21.9. The molecule has 37 heavy (non-hydrogen) atoms. The Morgan fingerprint density at radius 1 is 0.946 bits per heavy atom. The molecular weight excluding hydrogens is 512 g/mol. The highest BCUT2D eigenvalue weighted by Gasteiger charge is 2.28. The van der Waals surface area contributed by atoms with Gasteiger partial charge in [-0.3, -0.25) is 9.10 Å². The van der Waals surface area contributed by atoms with E-state index in [1.54, 1.807) is 37.4 Å². The van der Waals surface area contributed by atoms with Gasteiger partial charge in [-0.15, -0.1) is 0 Å². The van der Waals surface area contributed by atoms with Crippen LogP contribution >= 0.6 is 11.6 Å². The van der Waals surface area contributed by atoms with Crippen molar-refractivity contribution >= 4 is 33.2 Å². The molecule has 0 bridgehead atoms. The smallest absolute Gasteiger partial charge is 0.264 e. The number of aryl methyl sites for hydroxylation is 1. The fraction of sp³-hybridized carbons (Fsp3) is 0.321. The third kappa shape index (κ3) is 6.37.